The van der Waals surface area contributed by atoms with Crippen LogP contribution in [0.3, 0.4) is 0 Å². The molecule has 0 bridgehead atoms. The molecule has 1 aromatic rings. The maximum atomic E-state index is 12.7. The summed E-state index contributed by atoms with van der Waals surface area (Å²) >= 11 is 0. The third kappa shape index (κ3) is 4.01. The van der Waals surface area contributed by atoms with Gasteiger partial charge < -0.3 is 15.4 Å². The number of amides is 2. The predicted octanol–water partition coefficient (Wildman–Crippen LogP) is 0.974. The molecule has 1 saturated heterocycles. The van der Waals surface area contributed by atoms with Crippen LogP contribution in [0.4, 0.5) is 10.1 Å². The number of hydrogen-bond donors (Lipinski definition) is 2. The quantitative estimate of drug-likeness (QED) is 0.811. The van der Waals surface area contributed by atoms with Gasteiger partial charge in [0.2, 0.25) is 5.91 Å². The first-order valence-electron chi connectivity index (χ1n) is 6.52. The van der Waals surface area contributed by atoms with Crippen LogP contribution in [0.2, 0.25) is 0 Å². The van der Waals surface area contributed by atoms with Gasteiger partial charge in [0.15, 0.2) is 6.10 Å². The number of benzene rings is 1. The first kappa shape index (κ1) is 15.0. The molecule has 1 aromatic carbocycles. The standard InChI is InChI=1S/C14H15FN2O4/c1-8(21-14(20)11-6-7-12(18)17-11)13(19)16-10-4-2-9(15)3-5-10/h2-5,8,11H,6-7H2,1H3,(H,16,19)(H,17,18)/t8-,11-/m1/s1. The number of carbonyl (C=O) groups excluding carboxylic acids is 3. The van der Waals surface area contributed by atoms with Gasteiger partial charge in [-0.25, -0.2) is 9.18 Å². The SMILES string of the molecule is C[C@@H](OC(=O)[C@H]1CCC(=O)N1)C(=O)Nc1ccc(F)cc1. The van der Waals surface area contributed by atoms with E-state index in [1.807, 2.05) is 0 Å². The van der Waals surface area contributed by atoms with Crippen molar-refractivity contribution in [3.05, 3.63) is 30.1 Å². The van der Waals surface area contributed by atoms with Gasteiger partial charge in [-0.3, -0.25) is 9.59 Å². The van der Waals surface area contributed by atoms with Gasteiger partial charge in [0.25, 0.3) is 5.91 Å². The Morgan fingerprint density at radius 3 is 2.62 bits per heavy atom. The minimum Gasteiger partial charge on any atom is -0.451 e. The predicted molar refractivity (Wildman–Crippen MR) is 71.7 cm³/mol. The Morgan fingerprint density at radius 2 is 2.05 bits per heavy atom. The van der Waals surface area contributed by atoms with Crippen LogP contribution in [-0.4, -0.2) is 29.9 Å². The molecule has 2 atom stereocenters. The fourth-order valence-corrected chi connectivity index (χ4v) is 1.88. The van der Waals surface area contributed by atoms with E-state index in [9.17, 15) is 18.8 Å². The van der Waals surface area contributed by atoms with Gasteiger partial charge in [-0.1, -0.05) is 0 Å². The van der Waals surface area contributed by atoms with E-state index in [1.54, 1.807) is 0 Å². The van der Waals surface area contributed by atoms with Gasteiger partial charge in [0.1, 0.15) is 11.9 Å². The number of halogens is 1. The van der Waals surface area contributed by atoms with Gasteiger partial charge in [-0.15, -0.1) is 0 Å². The first-order chi connectivity index (χ1) is 9.95. The second-order valence-electron chi connectivity index (χ2n) is 4.73. The van der Waals surface area contributed by atoms with Crippen molar-refractivity contribution >= 4 is 23.5 Å². The van der Waals surface area contributed by atoms with Crippen LogP contribution in [0.25, 0.3) is 0 Å². The minimum absolute atomic E-state index is 0.208. The molecule has 0 radical (unpaired) electrons. The van der Waals surface area contributed by atoms with E-state index in [-0.39, 0.29) is 12.3 Å². The molecule has 0 spiro atoms. The number of rotatable bonds is 4. The summed E-state index contributed by atoms with van der Waals surface area (Å²) in [4.78, 5) is 34.6. The van der Waals surface area contributed by atoms with Crippen LogP contribution in [0.15, 0.2) is 24.3 Å². The van der Waals surface area contributed by atoms with E-state index in [0.29, 0.717) is 12.1 Å². The van der Waals surface area contributed by atoms with E-state index in [4.69, 9.17) is 4.74 Å². The molecular weight excluding hydrogens is 279 g/mol. The second kappa shape index (κ2) is 6.34. The molecule has 7 heteroatoms. The van der Waals surface area contributed by atoms with Crippen LogP contribution in [-0.2, 0) is 19.1 Å². The van der Waals surface area contributed by atoms with Crippen molar-refractivity contribution in [2.45, 2.75) is 31.9 Å². The average molecular weight is 294 g/mol. The van der Waals surface area contributed by atoms with Crippen molar-refractivity contribution in [3.8, 4) is 0 Å². The molecule has 0 aliphatic carbocycles. The van der Waals surface area contributed by atoms with Crippen LogP contribution in [0, 0.1) is 5.82 Å². The highest BCUT2D eigenvalue weighted by Crippen LogP contribution is 2.12. The number of carbonyl (C=O) groups is 3. The van der Waals surface area contributed by atoms with Crippen molar-refractivity contribution < 1.29 is 23.5 Å². The summed E-state index contributed by atoms with van der Waals surface area (Å²) < 4.78 is 17.7. The normalized spacial score (nSPS) is 18.8. The topological polar surface area (TPSA) is 84.5 Å². The monoisotopic (exact) mass is 294 g/mol. The summed E-state index contributed by atoms with van der Waals surface area (Å²) in [5, 5.41) is 4.97. The average Bonchev–Trinajstić information content (AvgIpc) is 2.88. The third-order valence-electron chi connectivity index (χ3n) is 3.05. The summed E-state index contributed by atoms with van der Waals surface area (Å²) in [5.74, 6) is -1.79. The number of hydrogen-bond acceptors (Lipinski definition) is 4. The van der Waals surface area contributed by atoms with Crippen molar-refractivity contribution in [1.82, 2.24) is 5.32 Å². The zero-order valence-electron chi connectivity index (χ0n) is 11.4. The van der Waals surface area contributed by atoms with E-state index < -0.39 is 29.8 Å². The molecule has 1 aliphatic heterocycles. The van der Waals surface area contributed by atoms with E-state index >= 15 is 0 Å². The van der Waals surface area contributed by atoms with E-state index in [0.717, 1.165) is 0 Å². The lowest BCUT2D eigenvalue weighted by molar-refractivity contribution is -0.155. The molecule has 0 aromatic heterocycles. The molecule has 2 rings (SSSR count). The Labute approximate surface area is 120 Å². The maximum absolute atomic E-state index is 12.7. The summed E-state index contributed by atoms with van der Waals surface area (Å²) in [6.07, 6.45) is -0.375. The third-order valence-corrected chi connectivity index (χ3v) is 3.05. The molecule has 1 aliphatic rings. The molecule has 0 saturated carbocycles. The Bertz CT molecular complexity index is 559. The lowest BCUT2D eigenvalue weighted by Crippen LogP contribution is -2.39. The Kier molecular flexibility index (Phi) is 4.52. The highest BCUT2D eigenvalue weighted by atomic mass is 19.1. The molecule has 1 heterocycles. The van der Waals surface area contributed by atoms with Crippen LogP contribution >= 0.6 is 0 Å². The molecule has 21 heavy (non-hydrogen) atoms. The largest absolute Gasteiger partial charge is 0.451 e. The summed E-state index contributed by atoms with van der Waals surface area (Å²) in [6, 6.07) is 4.53. The smallest absolute Gasteiger partial charge is 0.329 e. The van der Waals surface area contributed by atoms with E-state index in [2.05, 4.69) is 10.6 Å². The van der Waals surface area contributed by atoms with Crippen molar-refractivity contribution in [1.29, 1.82) is 0 Å². The summed E-state index contributed by atoms with van der Waals surface area (Å²) in [5.41, 5.74) is 0.401. The number of anilines is 1. The molecule has 1 fully saturated rings. The number of esters is 1. The molecular formula is C14H15FN2O4. The zero-order valence-corrected chi connectivity index (χ0v) is 11.4. The highest BCUT2D eigenvalue weighted by Gasteiger charge is 2.30. The second-order valence-corrected chi connectivity index (χ2v) is 4.73. The fourth-order valence-electron chi connectivity index (χ4n) is 1.88. The van der Waals surface area contributed by atoms with Crippen molar-refractivity contribution in [2.75, 3.05) is 5.32 Å². The van der Waals surface area contributed by atoms with Crippen LogP contribution in [0.1, 0.15) is 19.8 Å². The summed E-state index contributed by atoms with van der Waals surface area (Å²) in [7, 11) is 0. The van der Waals surface area contributed by atoms with Crippen LogP contribution in [0.5, 0.6) is 0 Å². The van der Waals surface area contributed by atoms with Gasteiger partial charge in [0.05, 0.1) is 0 Å². The summed E-state index contributed by atoms with van der Waals surface area (Å²) in [6.45, 7) is 1.42. The zero-order chi connectivity index (χ0) is 15.4. The lowest BCUT2D eigenvalue weighted by atomic mass is 10.2. The van der Waals surface area contributed by atoms with Gasteiger partial charge in [-0.2, -0.15) is 0 Å². The van der Waals surface area contributed by atoms with E-state index in [1.165, 1.54) is 31.2 Å². The van der Waals surface area contributed by atoms with Gasteiger partial charge >= 0.3 is 5.97 Å². The minimum atomic E-state index is -1.01. The number of nitrogens with one attached hydrogen (secondary N) is 2. The first-order valence-corrected chi connectivity index (χ1v) is 6.52. The van der Waals surface area contributed by atoms with Gasteiger partial charge in [0, 0.05) is 12.1 Å². The van der Waals surface area contributed by atoms with Crippen LogP contribution < -0.4 is 10.6 Å². The molecule has 6 nitrogen and oxygen atoms in total. The Morgan fingerprint density at radius 1 is 1.38 bits per heavy atom. The molecule has 112 valence electrons. The fraction of sp³-hybridized carbons (Fsp3) is 0.357. The Balaban J connectivity index is 1.86. The molecule has 0 unspecified atom stereocenters. The lowest BCUT2D eigenvalue weighted by Gasteiger charge is -2.16. The van der Waals surface area contributed by atoms with Gasteiger partial charge in [-0.05, 0) is 37.6 Å². The Hall–Kier alpha value is -2.44. The van der Waals surface area contributed by atoms with Crippen molar-refractivity contribution in [3.63, 3.8) is 0 Å². The molecule has 2 amide bonds. The molecule has 2 N–H and O–H groups in total. The number of ether oxygens (including phenoxy) is 1. The highest BCUT2D eigenvalue weighted by molar-refractivity contribution is 5.96. The maximum Gasteiger partial charge on any atom is 0.329 e. The van der Waals surface area contributed by atoms with Crippen molar-refractivity contribution in [2.24, 2.45) is 0 Å².